The van der Waals surface area contributed by atoms with Gasteiger partial charge in [-0.25, -0.2) is 0 Å². The fourth-order valence-electron chi connectivity index (χ4n) is 1.73. The highest BCUT2D eigenvalue weighted by Crippen LogP contribution is 2.26. The average Bonchev–Trinajstić information content (AvgIpc) is 2.16. The Hall–Kier alpha value is 0.440. The Kier molecular flexibility index (Phi) is 4.59. The molecule has 0 saturated heterocycles. The zero-order valence-corrected chi connectivity index (χ0v) is 9.64. The van der Waals surface area contributed by atoms with E-state index in [1.165, 1.54) is 32.1 Å². The molecule has 1 nitrogen and oxygen atoms in total. The molecule has 2 unspecified atom stereocenters. The van der Waals surface area contributed by atoms with Gasteiger partial charge in [0, 0.05) is 4.83 Å². The van der Waals surface area contributed by atoms with Crippen LogP contribution >= 0.6 is 15.9 Å². The first-order valence-corrected chi connectivity index (χ1v) is 5.91. The van der Waals surface area contributed by atoms with Gasteiger partial charge in [-0.05, 0) is 26.7 Å². The first-order valence-electron chi connectivity index (χ1n) is 4.99. The van der Waals surface area contributed by atoms with Gasteiger partial charge >= 0.3 is 0 Å². The summed E-state index contributed by atoms with van der Waals surface area (Å²) in [5, 5.41) is 0. The average molecular weight is 235 g/mol. The largest absolute Gasteiger partial charge is 0.374 e. The van der Waals surface area contributed by atoms with E-state index < -0.39 is 0 Å². The fraction of sp³-hybridized carbons (Fsp3) is 1.00. The second-order valence-electron chi connectivity index (χ2n) is 3.88. The lowest BCUT2D eigenvalue weighted by Gasteiger charge is -2.22. The molecule has 0 bridgehead atoms. The summed E-state index contributed by atoms with van der Waals surface area (Å²) in [5.41, 5.74) is 0. The lowest BCUT2D eigenvalue weighted by molar-refractivity contribution is 0.00450. The van der Waals surface area contributed by atoms with Gasteiger partial charge in [-0.1, -0.05) is 35.2 Å². The molecular formula is C10H19BrO. The molecule has 0 aromatic carbocycles. The zero-order chi connectivity index (χ0) is 8.97. The minimum Gasteiger partial charge on any atom is -0.374 e. The van der Waals surface area contributed by atoms with Crippen molar-refractivity contribution < 1.29 is 4.74 Å². The Labute approximate surface area is 84.0 Å². The normalized spacial score (nSPS) is 32.0. The summed E-state index contributed by atoms with van der Waals surface area (Å²) >= 11 is 3.71. The molecule has 0 heterocycles. The summed E-state index contributed by atoms with van der Waals surface area (Å²) in [6.45, 7) is 4.23. The van der Waals surface area contributed by atoms with Crippen LogP contribution < -0.4 is 0 Å². The minimum atomic E-state index is 0.369. The number of hydrogen-bond acceptors (Lipinski definition) is 1. The van der Waals surface area contributed by atoms with Crippen molar-refractivity contribution in [3.8, 4) is 0 Å². The molecule has 0 radical (unpaired) electrons. The first-order chi connectivity index (χ1) is 5.70. The van der Waals surface area contributed by atoms with Gasteiger partial charge in [0.25, 0.3) is 0 Å². The van der Waals surface area contributed by atoms with E-state index >= 15 is 0 Å². The van der Waals surface area contributed by atoms with E-state index in [1.54, 1.807) is 0 Å². The van der Waals surface area contributed by atoms with Gasteiger partial charge in [0.2, 0.25) is 0 Å². The highest BCUT2D eigenvalue weighted by atomic mass is 79.9. The predicted molar refractivity (Wildman–Crippen MR) is 55.8 cm³/mol. The molecule has 1 fully saturated rings. The lowest BCUT2D eigenvalue weighted by Crippen LogP contribution is -2.26. The maximum atomic E-state index is 5.84. The molecule has 0 aliphatic heterocycles. The molecular weight excluding hydrogens is 216 g/mol. The van der Waals surface area contributed by atoms with Crippen LogP contribution in [0.5, 0.6) is 0 Å². The number of rotatable bonds is 2. The van der Waals surface area contributed by atoms with Crippen molar-refractivity contribution >= 4 is 15.9 Å². The SMILES string of the molecule is CC(C)OC1CCCCCC1Br. The van der Waals surface area contributed by atoms with Crippen LogP contribution in [0.3, 0.4) is 0 Å². The van der Waals surface area contributed by atoms with Crippen LogP contribution in [0, 0.1) is 0 Å². The molecule has 2 atom stereocenters. The van der Waals surface area contributed by atoms with E-state index in [0.29, 0.717) is 17.0 Å². The van der Waals surface area contributed by atoms with Crippen molar-refractivity contribution in [1.82, 2.24) is 0 Å². The molecule has 1 rings (SSSR count). The van der Waals surface area contributed by atoms with Crippen LogP contribution in [-0.2, 0) is 4.74 Å². The summed E-state index contributed by atoms with van der Waals surface area (Å²) in [7, 11) is 0. The van der Waals surface area contributed by atoms with Gasteiger partial charge in [-0.3, -0.25) is 0 Å². The molecule has 1 aliphatic rings. The van der Waals surface area contributed by atoms with Crippen molar-refractivity contribution in [2.75, 3.05) is 0 Å². The topological polar surface area (TPSA) is 9.23 Å². The quantitative estimate of drug-likeness (QED) is 0.525. The third kappa shape index (κ3) is 3.44. The Balaban J connectivity index is 2.36. The molecule has 12 heavy (non-hydrogen) atoms. The van der Waals surface area contributed by atoms with Gasteiger partial charge < -0.3 is 4.74 Å². The van der Waals surface area contributed by atoms with E-state index in [1.807, 2.05) is 0 Å². The van der Waals surface area contributed by atoms with Crippen molar-refractivity contribution in [3.05, 3.63) is 0 Å². The Morgan fingerprint density at radius 1 is 1.17 bits per heavy atom. The number of hydrogen-bond donors (Lipinski definition) is 0. The highest BCUT2D eigenvalue weighted by Gasteiger charge is 2.22. The Morgan fingerprint density at radius 3 is 2.50 bits per heavy atom. The summed E-state index contributed by atoms with van der Waals surface area (Å²) in [6, 6.07) is 0. The molecule has 0 spiro atoms. The van der Waals surface area contributed by atoms with E-state index in [4.69, 9.17) is 4.74 Å². The van der Waals surface area contributed by atoms with E-state index in [2.05, 4.69) is 29.8 Å². The predicted octanol–water partition coefficient (Wildman–Crippen LogP) is 3.51. The highest BCUT2D eigenvalue weighted by molar-refractivity contribution is 9.09. The summed E-state index contributed by atoms with van der Waals surface area (Å²) in [5.74, 6) is 0. The first kappa shape index (κ1) is 10.5. The lowest BCUT2D eigenvalue weighted by atomic mass is 10.1. The van der Waals surface area contributed by atoms with Crippen LogP contribution in [0.1, 0.15) is 46.0 Å². The number of alkyl halides is 1. The van der Waals surface area contributed by atoms with Gasteiger partial charge in [0.15, 0.2) is 0 Å². The van der Waals surface area contributed by atoms with Crippen LogP contribution in [0.25, 0.3) is 0 Å². The Morgan fingerprint density at radius 2 is 1.83 bits per heavy atom. The van der Waals surface area contributed by atoms with Crippen LogP contribution in [0.2, 0.25) is 0 Å². The van der Waals surface area contributed by atoms with Gasteiger partial charge in [0.05, 0.1) is 12.2 Å². The molecule has 0 aromatic heterocycles. The summed E-state index contributed by atoms with van der Waals surface area (Å²) in [4.78, 5) is 0.586. The minimum absolute atomic E-state index is 0.369. The van der Waals surface area contributed by atoms with Crippen molar-refractivity contribution in [3.63, 3.8) is 0 Å². The summed E-state index contributed by atoms with van der Waals surface area (Å²) < 4.78 is 5.84. The van der Waals surface area contributed by atoms with E-state index in [-0.39, 0.29) is 0 Å². The third-order valence-corrected chi connectivity index (χ3v) is 3.37. The van der Waals surface area contributed by atoms with E-state index in [0.717, 1.165) is 0 Å². The number of halogens is 1. The van der Waals surface area contributed by atoms with Crippen LogP contribution in [0.15, 0.2) is 0 Å². The molecule has 0 N–H and O–H groups in total. The van der Waals surface area contributed by atoms with Gasteiger partial charge in [-0.2, -0.15) is 0 Å². The smallest absolute Gasteiger partial charge is 0.0703 e. The van der Waals surface area contributed by atoms with Crippen LogP contribution in [-0.4, -0.2) is 17.0 Å². The monoisotopic (exact) mass is 234 g/mol. The molecule has 1 aliphatic carbocycles. The molecule has 0 amide bonds. The van der Waals surface area contributed by atoms with Crippen molar-refractivity contribution in [2.24, 2.45) is 0 Å². The molecule has 1 saturated carbocycles. The molecule has 72 valence electrons. The van der Waals surface area contributed by atoms with Crippen LogP contribution in [0.4, 0.5) is 0 Å². The molecule has 0 aromatic rings. The van der Waals surface area contributed by atoms with Crippen molar-refractivity contribution in [1.29, 1.82) is 0 Å². The van der Waals surface area contributed by atoms with Gasteiger partial charge in [0.1, 0.15) is 0 Å². The fourth-order valence-corrected chi connectivity index (χ4v) is 2.44. The zero-order valence-electron chi connectivity index (χ0n) is 8.05. The number of ether oxygens (including phenoxy) is 1. The third-order valence-electron chi connectivity index (χ3n) is 2.32. The van der Waals surface area contributed by atoms with Crippen molar-refractivity contribution in [2.45, 2.75) is 63.0 Å². The summed E-state index contributed by atoms with van der Waals surface area (Å²) in [6.07, 6.45) is 7.39. The maximum absolute atomic E-state index is 5.84. The Bertz CT molecular complexity index is 125. The second kappa shape index (κ2) is 5.23. The second-order valence-corrected chi connectivity index (χ2v) is 5.05. The molecule has 2 heteroatoms. The van der Waals surface area contributed by atoms with E-state index in [9.17, 15) is 0 Å². The maximum Gasteiger partial charge on any atom is 0.0703 e. The van der Waals surface area contributed by atoms with Gasteiger partial charge in [-0.15, -0.1) is 0 Å². The standard InChI is InChI=1S/C10H19BrO/c1-8(2)12-10-7-5-3-4-6-9(10)11/h8-10H,3-7H2,1-2H3.